The first kappa shape index (κ1) is 19.1. The maximum atomic E-state index is 9.41. The fourth-order valence-corrected chi connectivity index (χ4v) is 4.07. The van der Waals surface area contributed by atoms with Crippen molar-refractivity contribution in [1.82, 2.24) is 43.8 Å². The third kappa shape index (κ3) is 2.96. The second-order valence-electron chi connectivity index (χ2n) is 7.87. The molecular formula is C25H14N10. The van der Waals surface area contributed by atoms with Gasteiger partial charge in [0.1, 0.15) is 6.07 Å². The fourth-order valence-electron chi connectivity index (χ4n) is 4.07. The maximum absolute atomic E-state index is 9.41. The number of benzene rings is 3. The van der Waals surface area contributed by atoms with Gasteiger partial charge in [-0.1, -0.05) is 78.9 Å². The van der Waals surface area contributed by atoms with Crippen molar-refractivity contribution in [3.05, 3.63) is 90.8 Å². The van der Waals surface area contributed by atoms with Crippen LogP contribution < -0.4 is 0 Å². The molecule has 3 aromatic carbocycles. The van der Waals surface area contributed by atoms with E-state index in [1.165, 1.54) is 9.03 Å². The Labute approximate surface area is 197 Å². The van der Waals surface area contributed by atoms with Gasteiger partial charge in [0.2, 0.25) is 0 Å². The zero-order valence-corrected chi connectivity index (χ0v) is 18.1. The van der Waals surface area contributed by atoms with Gasteiger partial charge in [0.05, 0.1) is 0 Å². The van der Waals surface area contributed by atoms with E-state index in [4.69, 9.17) is 10.1 Å². The van der Waals surface area contributed by atoms with Crippen LogP contribution in [0.4, 0.5) is 0 Å². The highest BCUT2D eigenvalue weighted by atomic mass is 15.5. The average molecular weight is 454 g/mol. The number of nitriles is 1. The Bertz CT molecular complexity index is 1910. The molecule has 10 nitrogen and oxygen atoms in total. The quantitative estimate of drug-likeness (QED) is 0.400. The Hall–Kier alpha value is -5.43. The SMILES string of the molecule is N#Cc1nc2n(n1)c1nc(-c3ccccc3)nn1c1nc(-c3cccc(-c4ccccc4)c3)nn21. The zero-order valence-electron chi connectivity index (χ0n) is 18.1. The first-order valence-corrected chi connectivity index (χ1v) is 10.8. The van der Waals surface area contributed by atoms with Crippen molar-refractivity contribution in [1.29, 1.82) is 5.26 Å². The number of hydrogen-bond donors (Lipinski definition) is 0. The van der Waals surface area contributed by atoms with Crippen molar-refractivity contribution in [3.8, 4) is 40.0 Å². The van der Waals surface area contributed by atoms with Crippen molar-refractivity contribution in [2.75, 3.05) is 0 Å². The number of rotatable bonds is 3. The number of aromatic nitrogens is 9. The molecule has 0 aliphatic carbocycles. The maximum Gasteiger partial charge on any atom is 0.261 e. The van der Waals surface area contributed by atoms with Crippen LogP contribution in [-0.2, 0) is 0 Å². The Kier molecular flexibility index (Phi) is 3.97. The summed E-state index contributed by atoms with van der Waals surface area (Å²) in [6.07, 6.45) is 0. The summed E-state index contributed by atoms with van der Waals surface area (Å²) in [5, 5.41) is 23.1. The summed E-state index contributed by atoms with van der Waals surface area (Å²) >= 11 is 0. The number of nitrogens with zero attached hydrogens (tertiary/aromatic N) is 10. The molecule has 0 fully saturated rings. The molecule has 0 saturated carbocycles. The van der Waals surface area contributed by atoms with Crippen LogP contribution in [0, 0.1) is 11.3 Å². The second-order valence-corrected chi connectivity index (χ2v) is 7.87. The van der Waals surface area contributed by atoms with Gasteiger partial charge in [0, 0.05) is 11.1 Å². The smallest absolute Gasteiger partial charge is 0.189 e. The van der Waals surface area contributed by atoms with E-state index in [-0.39, 0.29) is 5.82 Å². The lowest BCUT2D eigenvalue weighted by molar-refractivity contribution is 0.816. The van der Waals surface area contributed by atoms with Crippen LogP contribution in [0.15, 0.2) is 84.9 Å². The molecule has 0 unspecified atom stereocenters. The lowest BCUT2D eigenvalue weighted by atomic mass is 10.0. The van der Waals surface area contributed by atoms with Gasteiger partial charge < -0.3 is 0 Å². The summed E-state index contributed by atoms with van der Waals surface area (Å²) < 4.78 is 4.57. The van der Waals surface area contributed by atoms with Crippen LogP contribution in [0.2, 0.25) is 0 Å². The highest BCUT2D eigenvalue weighted by Gasteiger charge is 2.21. The monoisotopic (exact) mass is 454 g/mol. The standard InChI is InChI=1S/C25H14N10/c26-15-20-27-23-33(30-20)24-28-21(17-10-5-2-6-11-17)31-35(24)25-29-22(32-34(23)25)19-13-7-12-18(14-19)16-8-3-1-4-9-16/h1-14H. The molecule has 10 heteroatoms. The molecule has 0 atom stereocenters. The highest BCUT2D eigenvalue weighted by Crippen LogP contribution is 2.26. The van der Waals surface area contributed by atoms with Gasteiger partial charge in [-0.05, 0) is 17.2 Å². The van der Waals surface area contributed by atoms with E-state index in [1.807, 2.05) is 78.9 Å². The largest absolute Gasteiger partial charge is 0.261 e. The molecule has 0 N–H and O–H groups in total. The summed E-state index contributed by atoms with van der Waals surface area (Å²) in [4.78, 5) is 13.8. The topological polar surface area (TPSA) is 114 Å². The first-order chi connectivity index (χ1) is 17.3. The molecule has 0 bridgehead atoms. The molecule has 4 aromatic heterocycles. The molecule has 4 heterocycles. The van der Waals surface area contributed by atoms with E-state index in [2.05, 4.69) is 32.3 Å². The van der Waals surface area contributed by atoms with Gasteiger partial charge in [-0.2, -0.15) is 33.8 Å². The summed E-state index contributed by atoms with van der Waals surface area (Å²) in [5.41, 5.74) is 3.84. The molecule has 0 amide bonds. The molecule has 0 spiro atoms. The van der Waals surface area contributed by atoms with Crippen LogP contribution in [0.1, 0.15) is 5.82 Å². The first-order valence-electron chi connectivity index (χ1n) is 10.8. The third-order valence-electron chi connectivity index (χ3n) is 5.70. The van der Waals surface area contributed by atoms with E-state index in [0.29, 0.717) is 29.0 Å². The van der Waals surface area contributed by atoms with Crippen LogP contribution in [0.5, 0.6) is 0 Å². The van der Waals surface area contributed by atoms with Crippen LogP contribution in [-0.4, -0.2) is 43.8 Å². The Balaban J connectivity index is 1.49. The molecule has 164 valence electrons. The lowest BCUT2D eigenvalue weighted by Gasteiger charge is -2.02. The summed E-state index contributed by atoms with van der Waals surface area (Å²) in [7, 11) is 0. The lowest BCUT2D eigenvalue weighted by Crippen LogP contribution is -2.06. The number of hydrogen-bond acceptors (Lipinski definition) is 7. The molecule has 0 aliphatic rings. The molecule has 7 rings (SSSR count). The molecule has 35 heavy (non-hydrogen) atoms. The van der Waals surface area contributed by atoms with Crippen molar-refractivity contribution in [2.45, 2.75) is 0 Å². The highest BCUT2D eigenvalue weighted by molar-refractivity contribution is 5.71. The van der Waals surface area contributed by atoms with Crippen molar-refractivity contribution >= 4 is 17.3 Å². The predicted octanol–water partition coefficient (Wildman–Crippen LogP) is 3.69. The van der Waals surface area contributed by atoms with Crippen LogP contribution in [0.25, 0.3) is 51.2 Å². The molecule has 7 aromatic rings. The van der Waals surface area contributed by atoms with Gasteiger partial charge in [-0.3, -0.25) is 0 Å². The van der Waals surface area contributed by atoms with Crippen molar-refractivity contribution in [2.24, 2.45) is 0 Å². The van der Waals surface area contributed by atoms with E-state index in [9.17, 15) is 5.26 Å². The van der Waals surface area contributed by atoms with E-state index in [1.54, 1.807) is 4.52 Å². The van der Waals surface area contributed by atoms with E-state index in [0.717, 1.165) is 22.3 Å². The molecular weight excluding hydrogens is 440 g/mol. The minimum atomic E-state index is 0.00628. The third-order valence-corrected chi connectivity index (χ3v) is 5.70. The van der Waals surface area contributed by atoms with Gasteiger partial charge in [-0.15, -0.1) is 15.3 Å². The number of fused-ring (bicyclic) bond motifs is 6. The zero-order chi connectivity index (χ0) is 23.4. The van der Waals surface area contributed by atoms with E-state index >= 15 is 0 Å². The minimum absolute atomic E-state index is 0.00628. The van der Waals surface area contributed by atoms with Gasteiger partial charge >= 0.3 is 0 Å². The van der Waals surface area contributed by atoms with Gasteiger partial charge in [0.15, 0.2) is 11.6 Å². The fraction of sp³-hybridized carbons (Fsp3) is 0. The minimum Gasteiger partial charge on any atom is -0.189 e. The van der Waals surface area contributed by atoms with Gasteiger partial charge in [-0.25, -0.2) is 0 Å². The Morgan fingerprint density at radius 1 is 0.514 bits per heavy atom. The van der Waals surface area contributed by atoms with Crippen LogP contribution >= 0.6 is 0 Å². The van der Waals surface area contributed by atoms with Crippen molar-refractivity contribution in [3.63, 3.8) is 0 Å². The summed E-state index contributed by atoms with van der Waals surface area (Å²) in [6, 6.07) is 29.7. The van der Waals surface area contributed by atoms with Gasteiger partial charge in [0.25, 0.3) is 23.2 Å². The Morgan fingerprint density at radius 3 is 1.69 bits per heavy atom. The van der Waals surface area contributed by atoms with Crippen molar-refractivity contribution < 1.29 is 0 Å². The second kappa shape index (κ2) is 7.29. The predicted molar refractivity (Wildman–Crippen MR) is 127 cm³/mol. The van der Waals surface area contributed by atoms with E-state index < -0.39 is 0 Å². The normalized spacial score (nSPS) is 11.4. The van der Waals surface area contributed by atoms with Crippen LogP contribution in [0.3, 0.4) is 0 Å². The molecule has 0 saturated heterocycles. The molecule has 0 aliphatic heterocycles. The summed E-state index contributed by atoms with van der Waals surface area (Å²) in [5.74, 6) is 2.14. The average Bonchev–Trinajstić information content (AvgIpc) is 3.66. The summed E-state index contributed by atoms with van der Waals surface area (Å²) in [6.45, 7) is 0. The Morgan fingerprint density at radius 2 is 1.03 bits per heavy atom. The molecule has 0 radical (unpaired) electrons.